The monoisotopic (exact) mass is 321 g/mol. The second kappa shape index (κ2) is 7.68. The zero-order valence-corrected chi connectivity index (χ0v) is 14.4. The van der Waals surface area contributed by atoms with E-state index in [1.165, 1.54) is 0 Å². The second-order valence-corrected chi connectivity index (χ2v) is 6.70. The van der Waals surface area contributed by atoms with Crippen LogP contribution in [-0.2, 0) is 17.8 Å². The molecule has 2 unspecified atom stereocenters. The van der Waals surface area contributed by atoms with Crippen molar-refractivity contribution < 1.29 is 19.4 Å². The molecule has 0 saturated heterocycles. The van der Waals surface area contributed by atoms with Crippen LogP contribution in [0.2, 0.25) is 0 Å². The van der Waals surface area contributed by atoms with Crippen LogP contribution < -0.4 is 14.8 Å². The van der Waals surface area contributed by atoms with E-state index >= 15 is 0 Å². The molecule has 0 aromatic heterocycles. The summed E-state index contributed by atoms with van der Waals surface area (Å²) in [7, 11) is 1.65. The molecular weight excluding hydrogens is 294 g/mol. The third-order valence-electron chi connectivity index (χ3n) is 4.09. The molecule has 0 aliphatic carbocycles. The first-order valence-electron chi connectivity index (χ1n) is 8.20. The van der Waals surface area contributed by atoms with E-state index in [4.69, 9.17) is 9.47 Å². The Morgan fingerprint density at radius 3 is 2.83 bits per heavy atom. The first kappa shape index (κ1) is 17.6. The van der Waals surface area contributed by atoms with Crippen molar-refractivity contribution in [2.45, 2.75) is 46.3 Å². The molecular formula is C18H27NO4. The quantitative estimate of drug-likeness (QED) is 0.770. The van der Waals surface area contributed by atoms with Gasteiger partial charge in [-0.1, -0.05) is 13.8 Å². The van der Waals surface area contributed by atoms with Crippen LogP contribution in [0.3, 0.4) is 0 Å². The molecule has 5 nitrogen and oxygen atoms in total. The summed E-state index contributed by atoms with van der Waals surface area (Å²) in [5, 5.41) is 12.6. The smallest absolute Gasteiger partial charge is 0.307 e. The molecule has 0 bridgehead atoms. The Bertz CT molecular complexity index is 556. The van der Waals surface area contributed by atoms with Gasteiger partial charge in [0, 0.05) is 30.6 Å². The maximum atomic E-state index is 11.3. The highest BCUT2D eigenvalue weighted by atomic mass is 16.5. The number of carbonyl (C=O) groups is 1. The lowest BCUT2D eigenvalue weighted by Gasteiger charge is -2.17. The SMILES string of the molecule is COc1cc(CNCC(CC(C)C)C(=O)O)c2c(c1)CC(C)O2. The van der Waals surface area contributed by atoms with E-state index in [1.807, 2.05) is 32.9 Å². The van der Waals surface area contributed by atoms with Crippen molar-refractivity contribution in [1.82, 2.24) is 5.32 Å². The van der Waals surface area contributed by atoms with Crippen molar-refractivity contribution in [3.8, 4) is 11.5 Å². The van der Waals surface area contributed by atoms with Crippen LogP contribution in [0.5, 0.6) is 11.5 Å². The summed E-state index contributed by atoms with van der Waals surface area (Å²) < 4.78 is 11.3. The van der Waals surface area contributed by atoms with E-state index < -0.39 is 5.97 Å². The summed E-state index contributed by atoms with van der Waals surface area (Å²) in [5.41, 5.74) is 2.18. The topological polar surface area (TPSA) is 67.8 Å². The third kappa shape index (κ3) is 4.61. The summed E-state index contributed by atoms with van der Waals surface area (Å²) in [6.07, 6.45) is 1.72. The highest BCUT2D eigenvalue weighted by molar-refractivity contribution is 5.70. The Balaban J connectivity index is 2.03. The number of nitrogens with one attached hydrogen (secondary N) is 1. The van der Waals surface area contributed by atoms with Crippen molar-refractivity contribution >= 4 is 5.97 Å². The molecule has 0 fully saturated rings. The van der Waals surface area contributed by atoms with E-state index in [0.29, 0.717) is 25.4 Å². The van der Waals surface area contributed by atoms with Gasteiger partial charge in [-0.15, -0.1) is 0 Å². The normalized spacial score (nSPS) is 17.7. The van der Waals surface area contributed by atoms with Gasteiger partial charge in [0.05, 0.1) is 13.0 Å². The average molecular weight is 321 g/mol. The highest BCUT2D eigenvalue weighted by Gasteiger charge is 2.24. The van der Waals surface area contributed by atoms with Gasteiger partial charge in [-0.2, -0.15) is 0 Å². The van der Waals surface area contributed by atoms with Crippen molar-refractivity contribution in [2.75, 3.05) is 13.7 Å². The molecule has 0 spiro atoms. The number of methoxy groups -OCH3 is 1. The number of aliphatic carboxylic acids is 1. The number of benzene rings is 1. The van der Waals surface area contributed by atoms with Crippen LogP contribution in [-0.4, -0.2) is 30.8 Å². The van der Waals surface area contributed by atoms with E-state index in [2.05, 4.69) is 5.32 Å². The Morgan fingerprint density at radius 2 is 2.22 bits per heavy atom. The summed E-state index contributed by atoms with van der Waals surface area (Å²) in [6.45, 7) is 7.16. The van der Waals surface area contributed by atoms with Gasteiger partial charge in [-0.05, 0) is 31.4 Å². The number of carboxylic acid groups (broad SMARTS) is 1. The predicted octanol–water partition coefficient (Wildman–Crippen LogP) is 2.86. The molecule has 1 aliphatic rings. The molecule has 23 heavy (non-hydrogen) atoms. The minimum absolute atomic E-state index is 0.170. The lowest BCUT2D eigenvalue weighted by Crippen LogP contribution is -2.29. The Kier molecular flexibility index (Phi) is 5.88. The van der Waals surface area contributed by atoms with Crippen molar-refractivity contribution in [1.29, 1.82) is 0 Å². The Hall–Kier alpha value is -1.75. The Morgan fingerprint density at radius 1 is 1.48 bits per heavy atom. The molecule has 2 N–H and O–H groups in total. The van der Waals surface area contributed by atoms with Gasteiger partial charge in [-0.25, -0.2) is 0 Å². The van der Waals surface area contributed by atoms with Crippen molar-refractivity contribution in [2.24, 2.45) is 11.8 Å². The van der Waals surface area contributed by atoms with Crippen LogP contribution in [0.15, 0.2) is 12.1 Å². The number of rotatable bonds is 8. The minimum Gasteiger partial charge on any atom is -0.497 e. The summed E-state index contributed by atoms with van der Waals surface area (Å²) >= 11 is 0. The van der Waals surface area contributed by atoms with Gasteiger partial charge in [-0.3, -0.25) is 4.79 Å². The van der Waals surface area contributed by atoms with E-state index in [1.54, 1.807) is 7.11 Å². The molecule has 0 amide bonds. The number of hydrogen-bond acceptors (Lipinski definition) is 4. The van der Waals surface area contributed by atoms with E-state index in [0.717, 1.165) is 29.0 Å². The van der Waals surface area contributed by atoms with Crippen LogP contribution >= 0.6 is 0 Å². The van der Waals surface area contributed by atoms with Crippen molar-refractivity contribution in [3.63, 3.8) is 0 Å². The fourth-order valence-electron chi connectivity index (χ4n) is 3.05. The van der Waals surface area contributed by atoms with E-state index in [9.17, 15) is 9.90 Å². The lowest BCUT2D eigenvalue weighted by molar-refractivity contribution is -0.142. The fraction of sp³-hybridized carbons (Fsp3) is 0.611. The van der Waals surface area contributed by atoms with Crippen molar-refractivity contribution in [3.05, 3.63) is 23.3 Å². The van der Waals surface area contributed by atoms with Gasteiger partial charge in [0.15, 0.2) is 0 Å². The third-order valence-corrected chi connectivity index (χ3v) is 4.09. The van der Waals surface area contributed by atoms with Gasteiger partial charge >= 0.3 is 5.97 Å². The fourth-order valence-corrected chi connectivity index (χ4v) is 3.05. The molecule has 1 aromatic rings. The number of fused-ring (bicyclic) bond motifs is 1. The largest absolute Gasteiger partial charge is 0.497 e. The average Bonchev–Trinajstić information content (AvgIpc) is 2.85. The van der Waals surface area contributed by atoms with Gasteiger partial charge in [0.2, 0.25) is 0 Å². The van der Waals surface area contributed by atoms with Crippen LogP contribution in [0.4, 0.5) is 0 Å². The zero-order valence-electron chi connectivity index (χ0n) is 14.4. The second-order valence-electron chi connectivity index (χ2n) is 6.70. The molecule has 1 aliphatic heterocycles. The van der Waals surface area contributed by atoms with Crippen LogP contribution in [0.1, 0.15) is 38.3 Å². The molecule has 2 rings (SSSR count). The number of carboxylic acids is 1. The lowest BCUT2D eigenvalue weighted by atomic mass is 9.97. The minimum atomic E-state index is -0.744. The molecule has 2 atom stereocenters. The number of hydrogen-bond donors (Lipinski definition) is 2. The summed E-state index contributed by atoms with van der Waals surface area (Å²) in [4.78, 5) is 11.3. The molecule has 0 saturated carbocycles. The highest BCUT2D eigenvalue weighted by Crippen LogP contribution is 2.36. The maximum Gasteiger partial charge on any atom is 0.307 e. The predicted molar refractivity (Wildman–Crippen MR) is 89.1 cm³/mol. The van der Waals surface area contributed by atoms with Crippen LogP contribution in [0.25, 0.3) is 0 Å². The van der Waals surface area contributed by atoms with Gasteiger partial charge in [0.1, 0.15) is 17.6 Å². The molecule has 1 aromatic carbocycles. The van der Waals surface area contributed by atoms with Gasteiger partial charge in [0.25, 0.3) is 0 Å². The Labute approximate surface area is 138 Å². The maximum absolute atomic E-state index is 11.3. The summed E-state index contributed by atoms with van der Waals surface area (Å²) in [6, 6.07) is 3.98. The summed E-state index contributed by atoms with van der Waals surface area (Å²) in [5.74, 6) is 0.986. The molecule has 128 valence electrons. The van der Waals surface area contributed by atoms with E-state index in [-0.39, 0.29) is 12.0 Å². The van der Waals surface area contributed by atoms with Crippen LogP contribution in [0, 0.1) is 11.8 Å². The van der Waals surface area contributed by atoms with Gasteiger partial charge < -0.3 is 19.9 Å². The first-order valence-corrected chi connectivity index (χ1v) is 8.20. The number of ether oxygens (including phenoxy) is 2. The molecule has 5 heteroatoms. The molecule has 1 heterocycles. The zero-order chi connectivity index (χ0) is 17.0. The molecule has 0 radical (unpaired) electrons. The standard InChI is InChI=1S/C18H27NO4/c1-11(2)5-15(18(20)21)10-19-9-14-8-16(22-4)7-13-6-12(3)23-17(13)14/h7-8,11-12,15,19H,5-6,9-10H2,1-4H3,(H,20,21). The first-order chi connectivity index (χ1) is 10.9.